The van der Waals surface area contributed by atoms with Crippen molar-refractivity contribution >= 4 is 5.78 Å². The van der Waals surface area contributed by atoms with E-state index in [4.69, 9.17) is 33.2 Å². The number of carbonyl (C=O) groups is 1. The van der Waals surface area contributed by atoms with E-state index in [9.17, 15) is 55.9 Å². The minimum atomic E-state index is -1.63. The summed E-state index contributed by atoms with van der Waals surface area (Å²) in [5, 5.41) is 102. The number of allylic oxidation sites excluding steroid dienone is 1. The van der Waals surface area contributed by atoms with Gasteiger partial charge in [0, 0.05) is 24.7 Å². The molecule has 10 N–H and O–H groups in total. The predicted octanol–water partition coefficient (Wildman–Crippen LogP) is -1.01. The molecule has 3 saturated heterocycles. The molecule has 24 atom stereocenters. The van der Waals surface area contributed by atoms with Gasteiger partial charge in [-0.3, -0.25) is 4.79 Å². The zero-order valence-electron chi connectivity index (χ0n) is 36.1. The van der Waals surface area contributed by atoms with Crippen LogP contribution in [0, 0.1) is 46.3 Å². The van der Waals surface area contributed by atoms with E-state index >= 15 is 0 Å². The molecule has 354 valence electrons. The SMILES string of the molecule is CC1=C(CC[C@@H](C)CO[C@@H]2O[C@H](CO)[C@@H](O)[C@H](O)[C@H]2O)O[C@H]2C[C@H]3[C@@H]4CC(=O)[C@H]5C[C@@H](O[C@@H]6O[C@H](CO[C@@H]7OC[C@H](O)[C@H](O)[C@H]7O)[C@@H](O)[C@H](O)[C@H]6O)CC[C@]5(C)[C@H]4CC[C@]3(C)[C@@H]12. The van der Waals surface area contributed by atoms with Crippen LogP contribution in [0.25, 0.3) is 0 Å². The summed E-state index contributed by atoms with van der Waals surface area (Å²) >= 11 is 0. The lowest BCUT2D eigenvalue weighted by atomic mass is 9.44. The van der Waals surface area contributed by atoms with Crippen LogP contribution in [0.3, 0.4) is 0 Å². The number of Topliss-reactive ketones (excluding diaryl/α,β-unsaturated/α-hetero) is 1. The van der Waals surface area contributed by atoms with E-state index in [0.717, 1.165) is 44.3 Å². The average Bonchev–Trinajstić information content (AvgIpc) is 3.73. The van der Waals surface area contributed by atoms with Gasteiger partial charge in [0.05, 0.1) is 38.3 Å². The van der Waals surface area contributed by atoms with Crippen LogP contribution in [0.2, 0.25) is 0 Å². The van der Waals surface area contributed by atoms with Crippen LogP contribution in [-0.2, 0) is 38.0 Å². The number of aliphatic hydroxyl groups excluding tert-OH is 10. The summed E-state index contributed by atoms with van der Waals surface area (Å²) in [4.78, 5) is 14.3. The van der Waals surface area contributed by atoms with Crippen LogP contribution < -0.4 is 0 Å². The Morgan fingerprint density at radius 3 is 2.15 bits per heavy atom. The van der Waals surface area contributed by atoms with E-state index in [0.29, 0.717) is 31.1 Å². The Morgan fingerprint density at radius 2 is 1.42 bits per heavy atom. The first-order valence-electron chi connectivity index (χ1n) is 22.8. The Bertz CT molecular complexity index is 1610. The zero-order valence-corrected chi connectivity index (χ0v) is 36.1. The van der Waals surface area contributed by atoms with Crippen molar-refractivity contribution < 1.29 is 89.0 Å². The van der Waals surface area contributed by atoms with Crippen molar-refractivity contribution in [2.75, 3.05) is 26.4 Å². The van der Waals surface area contributed by atoms with Gasteiger partial charge >= 0.3 is 0 Å². The summed E-state index contributed by atoms with van der Waals surface area (Å²) in [5.41, 5.74) is 1.03. The second-order valence-corrected chi connectivity index (χ2v) is 20.4. The first kappa shape index (κ1) is 47.1. The van der Waals surface area contributed by atoms with Crippen LogP contribution in [0.4, 0.5) is 0 Å². The lowest BCUT2D eigenvalue weighted by Crippen LogP contribution is -2.61. The number of aliphatic hydroxyl groups is 10. The molecule has 0 amide bonds. The summed E-state index contributed by atoms with van der Waals surface area (Å²) in [7, 11) is 0. The molecule has 4 aliphatic heterocycles. The Balaban J connectivity index is 0.852. The Morgan fingerprint density at radius 1 is 0.758 bits per heavy atom. The number of fused-ring (bicyclic) bond motifs is 7. The fourth-order valence-corrected chi connectivity index (χ4v) is 13.1. The lowest BCUT2D eigenvalue weighted by molar-refractivity contribution is -0.330. The largest absolute Gasteiger partial charge is 0.494 e. The Hall–Kier alpha value is -1.43. The van der Waals surface area contributed by atoms with E-state index in [1.165, 1.54) is 5.57 Å². The van der Waals surface area contributed by atoms with Crippen molar-refractivity contribution in [1.82, 2.24) is 0 Å². The fraction of sp³-hybridized carbons (Fsp3) is 0.932. The lowest BCUT2D eigenvalue weighted by Gasteiger charge is -2.60. The Labute approximate surface area is 362 Å². The van der Waals surface area contributed by atoms with Gasteiger partial charge in [-0.15, -0.1) is 0 Å². The van der Waals surface area contributed by atoms with Crippen LogP contribution in [0.5, 0.6) is 0 Å². The summed E-state index contributed by atoms with van der Waals surface area (Å²) < 4.78 is 41.1. The number of hydrogen-bond donors (Lipinski definition) is 10. The summed E-state index contributed by atoms with van der Waals surface area (Å²) in [5.74, 6) is 2.24. The molecule has 0 aromatic heterocycles. The van der Waals surface area contributed by atoms with Crippen LogP contribution in [-0.4, -0.2) is 181 Å². The monoisotopic (exact) mass is 886 g/mol. The minimum absolute atomic E-state index is 0.0122. The van der Waals surface area contributed by atoms with Crippen molar-refractivity contribution in [3.05, 3.63) is 11.3 Å². The van der Waals surface area contributed by atoms with Gasteiger partial charge < -0.3 is 84.2 Å². The highest BCUT2D eigenvalue weighted by atomic mass is 16.7. The summed E-state index contributed by atoms with van der Waals surface area (Å²) in [6.45, 7) is 7.95. The van der Waals surface area contributed by atoms with E-state index in [1.54, 1.807) is 0 Å². The van der Waals surface area contributed by atoms with Gasteiger partial charge in [0.15, 0.2) is 18.9 Å². The van der Waals surface area contributed by atoms with Crippen LogP contribution in [0.1, 0.15) is 85.5 Å². The molecule has 18 heteroatoms. The molecular weight excluding hydrogens is 816 g/mol. The molecule has 0 unspecified atom stereocenters. The third-order valence-electron chi connectivity index (χ3n) is 16.7. The standard InChI is InChI=1S/C44H70O18/c1-18(15-56-41-38(54)35(51)33(49)29(14-45)61-41)5-6-27-19(2)31-28(60-27)13-23-21-12-25(46)24-11-20(7-9-43(24,3)22(21)8-10-44(23,31)4)59-42-39(55)36(52)34(50)30(62-42)17-58-40-37(53)32(48)26(47)16-57-40/h18,20-24,26,28-42,45,47-55H,5-17H2,1-4H3/t18-,20+,21-,22+,23+,24-,26+,28+,29-,30-,31+,32+,33-,34-,35+,36+,37-,38-,39-,40+,41-,42-,43-,44+/m1/s1. The molecule has 0 bridgehead atoms. The van der Waals surface area contributed by atoms with Crippen LogP contribution >= 0.6 is 0 Å². The summed E-state index contributed by atoms with van der Waals surface area (Å²) in [6.07, 6.45) is -13.2. The topological polar surface area (TPSA) is 284 Å². The van der Waals surface area contributed by atoms with Gasteiger partial charge in [-0.1, -0.05) is 20.8 Å². The van der Waals surface area contributed by atoms with E-state index in [2.05, 4.69) is 20.8 Å². The van der Waals surface area contributed by atoms with Gasteiger partial charge in [0.1, 0.15) is 79.0 Å². The number of hydrogen-bond acceptors (Lipinski definition) is 18. The second-order valence-electron chi connectivity index (χ2n) is 20.4. The van der Waals surface area contributed by atoms with Crippen LogP contribution in [0.15, 0.2) is 11.3 Å². The quantitative estimate of drug-likeness (QED) is 0.105. The maximum absolute atomic E-state index is 14.3. The highest BCUT2D eigenvalue weighted by Crippen LogP contribution is 2.69. The molecular formula is C44H70O18. The number of ketones is 1. The van der Waals surface area contributed by atoms with Crippen molar-refractivity contribution in [3.8, 4) is 0 Å². The van der Waals surface area contributed by atoms with E-state index in [-0.39, 0.29) is 66.2 Å². The molecule has 0 spiro atoms. The van der Waals surface area contributed by atoms with Gasteiger partial charge in [-0.2, -0.15) is 0 Å². The van der Waals surface area contributed by atoms with E-state index < -0.39 is 98.7 Å². The molecule has 7 fully saturated rings. The number of carbonyl (C=O) groups excluding carboxylic acids is 1. The first-order valence-corrected chi connectivity index (χ1v) is 22.8. The average molecular weight is 887 g/mol. The molecule has 0 aromatic carbocycles. The zero-order chi connectivity index (χ0) is 44.6. The van der Waals surface area contributed by atoms with E-state index in [1.807, 2.05) is 6.92 Å². The second kappa shape index (κ2) is 18.3. The van der Waals surface area contributed by atoms with Crippen molar-refractivity contribution in [2.24, 2.45) is 46.3 Å². The smallest absolute Gasteiger partial charge is 0.186 e. The molecule has 0 radical (unpaired) electrons. The third-order valence-corrected chi connectivity index (χ3v) is 16.7. The van der Waals surface area contributed by atoms with Gasteiger partial charge in [-0.05, 0) is 91.9 Å². The number of ether oxygens (including phenoxy) is 7. The van der Waals surface area contributed by atoms with Gasteiger partial charge in [0.2, 0.25) is 0 Å². The molecule has 4 aliphatic carbocycles. The normalized spacial score (nSPS) is 52.2. The molecule has 62 heavy (non-hydrogen) atoms. The van der Waals surface area contributed by atoms with Crippen molar-refractivity contribution in [3.63, 3.8) is 0 Å². The predicted molar refractivity (Wildman–Crippen MR) is 212 cm³/mol. The number of rotatable bonds is 12. The molecule has 18 nitrogen and oxygen atoms in total. The first-order chi connectivity index (χ1) is 29.4. The minimum Gasteiger partial charge on any atom is -0.494 e. The van der Waals surface area contributed by atoms with Crippen molar-refractivity contribution in [1.29, 1.82) is 0 Å². The maximum atomic E-state index is 14.3. The van der Waals surface area contributed by atoms with Gasteiger partial charge in [-0.25, -0.2) is 0 Å². The molecule has 8 rings (SSSR count). The summed E-state index contributed by atoms with van der Waals surface area (Å²) in [6, 6.07) is 0. The highest BCUT2D eigenvalue weighted by Gasteiger charge is 2.66. The third kappa shape index (κ3) is 8.34. The molecule has 4 heterocycles. The molecule has 4 saturated carbocycles. The molecule has 0 aromatic rings. The Kier molecular flexibility index (Phi) is 13.9. The molecule has 8 aliphatic rings. The highest BCUT2D eigenvalue weighted by molar-refractivity contribution is 5.83. The maximum Gasteiger partial charge on any atom is 0.186 e. The fourth-order valence-electron chi connectivity index (χ4n) is 13.1. The van der Waals surface area contributed by atoms with Crippen molar-refractivity contribution in [2.45, 2.75) is 184 Å². The van der Waals surface area contributed by atoms with Gasteiger partial charge in [0.25, 0.3) is 0 Å².